The number of nitrogens with one attached hydrogen (secondary N) is 2. The zero-order chi connectivity index (χ0) is 17.9. The average Bonchev–Trinajstić information content (AvgIpc) is 3.08. The lowest BCUT2D eigenvalue weighted by molar-refractivity contribution is 0.102. The molecule has 25 heavy (non-hydrogen) atoms. The minimum atomic E-state index is -3.49. The summed E-state index contributed by atoms with van der Waals surface area (Å²) in [5, 5.41) is 6.97. The summed E-state index contributed by atoms with van der Waals surface area (Å²) < 4.78 is 27.0. The van der Waals surface area contributed by atoms with E-state index in [1.54, 1.807) is 53.5 Å². The summed E-state index contributed by atoms with van der Waals surface area (Å²) in [7, 11) is -3.49. The summed E-state index contributed by atoms with van der Waals surface area (Å²) in [5.41, 5.74) is 1.71. The van der Waals surface area contributed by atoms with E-state index in [1.807, 2.05) is 12.1 Å². The summed E-state index contributed by atoms with van der Waals surface area (Å²) in [6, 6.07) is 15.4. The van der Waals surface area contributed by atoms with Crippen LogP contribution in [0.25, 0.3) is 5.69 Å². The van der Waals surface area contributed by atoms with Crippen LogP contribution in [0.3, 0.4) is 0 Å². The number of amides is 1. The van der Waals surface area contributed by atoms with Crippen molar-refractivity contribution in [3.63, 3.8) is 0 Å². The number of para-hydroxylation sites is 3. The van der Waals surface area contributed by atoms with Crippen molar-refractivity contribution in [3.8, 4) is 5.69 Å². The molecule has 3 rings (SSSR count). The predicted molar refractivity (Wildman–Crippen MR) is 96.4 cm³/mol. The van der Waals surface area contributed by atoms with E-state index in [-0.39, 0.29) is 11.3 Å². The third kappa shape index (κ3) is 4.04. The molecule has 0 fully saturated rings. The van der Waals surface area contributed by atoms with Crippen molar-refractivity contribution in [1.29, 1.82) is 0 Å². The maximum atomic E-state index is 12.7. The van der Waals surface area contributed by atoms with Crippen molar-refractivity contribution >= 4 is 27.3 Å². The first kappa shape index (κ1) is 16.7. The van der Waals surface area contributed by atoms with Crippen LogP contribution in [0.2, 0.25) is 0 Å². The number of hydrogen-bond acceptors (Lipinski definition) is 4. The number of carbonyl (C=O) groups is 1. The average molecular weight is 356 g/mol. The number of sulfonamides is 1. The minimum absolute atomic E-state index is 0.221. The fourth-order valence-electron chi connectivity index (χ4n) is 2.35. The van der Waals surface area contributed by atoms with Crippen LogP contribution in [0.5, 0.6) is 0 Å². The molecule has 1 amide bonds. The smallest absolute Gasteiger partial charge is 0.257 e. The maximum Gasteiger partial charge on any atom is 0.257 e. The van der Waals surface area contributed by atoms with Crippen LogP contribution in [0.15, 0.2) is 67.0 Å². The molecule has 0 aliphatic carbocycles. The van der Waals surface area contributed by atoms with Crippen LogP contribution in [-0.2, 0) is 10.0 Å². The SMILES string of the molecule is CS(=O)(=O)Nc1ccccc1C(=O)Nc1ccccc1-n1cccn1. The number of anilines is 2. The molecule has 7 nitrogen and oxygen atoms in total. The Morgan fingerprint density at radius 2 is 1.68 bits per heavy atom. The monoisotopic (exact) mass is 356 g/mol. The van der Waals surface area contributed by atoms with Crippen molar-refractivity contribution in [2.75, 3.05) is 16.3 Å². The standard InChI is InChI=1S/C17H16N4O3S/c1-25(23,24)20-14-8-3-2-7-13(14)17(22)19-15-9-4-5-10-16(15)21-12-6-11-18-21/h2-12,20H,1H3,(H,19,22). The highest BCUT2D eigenvalue weighted by Gasteiger charge is 2.15. The Kier molecular flexibility index (Phi) is 4.53. The summed E-state index contributed by atoms with van der Waals surface area (Å²) in [6.45, 7) is 0. The fourth-order valence-corrected chi connectivity index (χ4v) is 2.93. The van der Waals surface area contributed by atoms with Gasteiger partial charge in [0.05, 0.1) is 28.9 Å². The Morgan fingerprint density at radius 3 is 2.36 bits per heavy atom. The van der Waals surface area contributed by atoms with Crippen LogP contribution in [-0.4, -0.2) is 30.4 Å². The van der Waals surface area contributed by atoms with Gasteiger partial charge >= 0.3 is 0 Å². The summed E-state index contributed by atoms with van der Waals surface area (Å²) in [4.78, 5) is 12.7. The van der Waals surface area contributed by atoms with E-state index >= 15 is 0 Å². The number of nitrogens with zero attached hydrogens (tertiary/aromatic N) is 2. The largest absolute Gasteiger partial charge is 0.320 e. The first-order valence-corrected chi connectivity index (χ1v) is 9.30. The van der Waals surface area contributed by atoms with Gasteiger partial charge in [0, 0.05) is 12.4 Å². The highest BCUT2D eigenvalue weighted by Crippen LogP contribution is 2.22. The van der Waals surface area contributed by atoms with Crippen molar-refractivity contribution in [1.82, 2.24) is 9.78 Å². The Bertz CT molecular complexity index is 998. The lowest BCUT2D eigenvalue weighted by Crippen LogP contribution is -2.18. The van der Waals surface area contributed by atoms with E-state index in [4.69, 9.17) is 0 Å². The van der Waals surface area contributed by atoms with Gasteiger partial charge in [-0.25, -0.2) is 13.1 Å². The summed E-state index contributed by atoms with van der Waals surface area (Å²) >= 11 is 0. The second-order valence-corrected chi connectivity index (χ2v) is 7.09. The molecule has 0 spiro atoms. The maximum absolute atomic E-state index is 12.7. The number of hydrogen-bond donors (Lipinski definition) is 2. The zero-order valence-corrected chi connectivity index (χ0v) is 14.2. The van der Waals surface area contributed by atoms with Crippen LogP contribution < -0.4 is 10.0 Å². The van der Waals surface area contributed by atoms with Gasteiger partial charge in [0.2, 0.25) is 10.0 Å². The molecular weight excluding hydrogens is 340 g/mol. The van der Waals surface area contributed by atoms with Crippen molar-refractivity contribution in [2.45, 2.75) is 0 Å². The fraction of sp³-hybridized carbons (Fsp3) is 0.0588. The number of aromatic nitrogens is 2. The molecule has 0 bridgehead atoms. The molecular formula is C17H16N4O3S. The minimum Gasteiger partial charge on any atom is -0.320 e. The van der Waals surface area contributed by atoms with Crippen molar-refractivity contribution in [3.05, 3.63) is 72.6 Å². The highest BCUT2D eigenvalue weighted by molar-refractivity contribution is 7.92. The summed E-state index contributed by atoms with van der Waals surface area (Å²) in [5.74, 6) is -0.425. The van der Waals surface area contributed by atoms with Crippen LogP contribution >= 0.6 is 0 Å². The van der Waals surface area contributed by atoms with Gasteiger partial charge in [0.1, 0.15) is 0 Å². The first-order chi connectivity index (χ1) is 11.9. The van der Waals surface area contributed by atoms with Gasteiger partial charge in [-0.1, -0.05) is 24.3 Å². The second kappa shape index (κ2) is 6.78. The quantitative estimate of drug-likeness (QED) is 0.734. The molecule has 0 aliphatic rings. The van der Waals surface area contributed by atoms with E-state index < -0.39 is 15.9 Å². The molecule has 8 heteroatoms. The van der Waals surface area contributed by atoms with Gasteiger partial charge in [0.25, 0.3) is 5.91 Å². The summed E-state index contributed by atoms with van der Waals surface area (Å²) in [6.07, 6.45) is 4.45. The Balaban J connectivity index is 1.92. The van der Waals surface area contributed by atoms with Crippen LogP contribution in [0.4, 0.5) is 11.4 Å². The molecule has 0 saturated carbocycles. The van der Waals surface area contributed by atoms with Crippen LogP contribution in [0, 0.1) is 0 Å². The van der Waals surface area contributed by atoms with Crippen molar-refractivity contribution < 1.29 is 13.2 Å². The van der Waals surface area contributed by atoms with Crippen LogP contribution in [0.1, 0.15) is 10.4 Å². The van der Waals surface area contributed by atoms with Gasteiger partial charge in [-0.15, -0.1) is 0 Å². The lowest BCUT2D eigenvalue weighted by Gasteiger charge is -2.13. The molecule has 0 saturated heterocycles. The molecule has 0 atom stereocenters. The van der Waals surface area contributed by atoms with E-state index in [0.29, 0.717) is 11.4 Å². The second-order valence-electron chi connectivity index (χ2n) is 5.34. The van der Waals surface area contributed by atoms with Gasteiger partial charge in [0.15, 0.2) is 0 Å². The predicted octanol–water partition coefficient (Wildman–Crippen LogP) is 2.50. The third-order valence-corrected chi connectivity index (χ3v) is 3.96. The molecule has 0 radical (unpaired) electrons. The van der Waals surface area contributed by atoms with E-state index in [2.05, 4.69) is 15.1 Å². The van der Waals surface area contributed by atoms with E-state index in [9.17, 15) is 13.2 Å². The van der Waals surface area contributed by atoms with Crippen molar-refractivity contribution in [2.24, 2.45) is 0 Å². The third-order valence-electron chi connectivity index (χ3n) is 3.37. The highest BCUT2D eigenvalue weighted by atomic mass is 32.2. The lowest BCUT2D eigenvalue weighted by atomic mass is 10.1. The molecule has 3 aromatic rings. The Labute approximate surface area is 145 Å². The van der Waals surface area contributed by atoms with E-state index in [0.717, 1.165) is 6.26 Å². The molecule has 2 aromatic carbocycles. The zero-order valence-electron chi connectivity index (χ0n) is 13.4. The normalized spacial score (nSPS) is 11.1. The molecule has 1 heterocycles. The first-order valence-electron chi connectivity index (χ1n) is 7.41. The molecule has 128 valence electrons. The number of benzene rings is 2. The number of rotatable bonds is 5. The topological polar surface area (TPSA) is 93.1 Å². The Morgan fingerprint density at radius 1 is 1.00 bits per heavy atom. The van der Waals surface area contributed by atoms with Gasteiger partial charge in [-0.2, -0.15) is 5.10 Å². The number of carbonyl (C=O) groups excluding carboxylic acids is 1. The molecule has 2 N–H and O–H groups in total. The van der Waals surface area contributed by atoms with Gasteiger partial charge in [-0.3, -0.25) is 9.52 Å². The molecule has 0 unspecified atom stereocenters. The molecule has 1 aromatic heterocycles. The van der Waals surface area contributed by atoms with E-state index in [1.165, 1.54) is 6.07 Å². The molecule has 0 aliphatic heterocycles. The van der Waals surface area contributed by atoms with Gasteiger partial charge in [-0.05, 0) is 30.3 Å². The Hall–Kier alpha value is -3.13. The van der Waals surface area contributed by atoms with Gasteiger partial charge < -0.3 is 5.32 Å².